The molecule has 6 nitrogen and oxygen atoms in total. The van der Waals surface area contributed by atoms with Gasteiger partial charge in [-0.25, -0.2) is 4.98 Å². The second-order valence-corrected chi connectivity index (χ2v) is 7.21. The average molecular weight is 439 g/mol. The second kappa shape index (κ2) is 8.68. The number of aromatic nitrogens is 1. The Kier molecular flexibility index (Phi) is 6.28. The summed E-state index contributed by atoms with van der Waals surface area (Å²) in [5, 5.41) is 5.54. The van der Waals surface area contributed by atoms with Gasteiger partial charge in [-0.05, 0) is 30.3 Å². The molecule has 0 radical (unpaired) electrons. The van der Waals surface area contributed by atoms with Crippen LogP contribution in [-0.4, -0.2) is 32.2 Å². The Morgan fingerprint density at radius 2 is 1.68 bits per heavy atom. The zero-order valence-corrected chi connectivity index (χ0v) is 17.5. The number of amides is 1. The lowest BCUT2D eigenvalue weighted by molar-refractivity contribution is 0.102. The molecule has 0 saturated carbocycles. The third kappa shape index (κ3) is 4.16. The van der Waals surface area contributed by atoms with Gasteiger partial charge in [0.05, 0.1) is 37.1 Å². The molecular weight excluding hydrogens is 423 g/mol. The van der Waals surface area contributed by atoms with Crippen LogP contribution in [0.5, 0.6) is 17.2 Å². The number of nitrogens with zero attached hydrogens (tertiary/aromatic N) is 1. The van der Waals surface area contributed by atoms with Crippen LogP contribution in [0.25, 0.3) is 11.3 Å². The fourth-order valence-electron chi connectivity index (χ4n) is 2.51. The van der Waals surface area contributed by atoms with Gasteiger partial charge in [0.15, 0.2) is 22.4 Å². The number of carbonyl (C=O) groups excluding carboxylic acids is 1. The van der Waals surface area contributed by atoms with Crippen LogP contribution in [0, 0.1) is 0 Å². The van der Waals surface area contributed by atoms with Crippen LogP contribution in [0.1, 0.15) is 10.4 Å². The van der Waals surface area contributed by atoms with E-state index in [1.165, 1.54) is 30.6 Å². The quantitative estimate of drug-likeness (QED) is 0.558. The van der Waals surface area contributed by atoms with Crippen LogP contribution >= 0.6 is 34.5 Å². The van der Waals surface area contributed by atoms with Crippen LogP contribution in [0.15, 0.2) is 35.7 Å². The number of nitrogens with one attached hydrogen (secondary N) is 1. The number of hydrogen-bond acceptors (Lipinski definition) is 6. The number of halogens is 2. The standard InChI is InChI=1S/C19H16Cl2N2O4S/c1-25-15-5-4-10(8-16(15)26-2)14-9-28-19(22-14)23-18(24)11-6-12(20)17(27-3)13(21)7-11/h4-9H,1-3H3,(H,22,23,24). The Morgan fingerprint density at radius 1 is 1.00 bits per heavy atom. The highest BCUT2D eigenvalue weighted by Crippen LogP contribution is 2.35. The summed E-state index contributed by atoms with van der Waals surface area (Å²) in [5.41, 5.74) is 1.84. The fourth-order valence-corrected chi connectivity index (χ4v) is 3.87. The van der Waals surface area contributed by atoms with Crippen molar-refractivity contribution in [1.82, 2.24) is 4.98 Å². The lowest BCUT2D eigenvalue weighted by Gasteiger charge is -2.09. The zero-order chi connectivity index (χ0) is 20.3. The summed E-state index contributed by atoms with van der Waals surface area (Å²) in [4.78, 5) is 17.0. The summed E-state index contributed by atoms with van der Waals surface area (Å²) >= 11 is 13.5. The molecule has 1 amide bonds. The number of benzene rings is 2. The average Bonchev–Trinajstić information content (AvgIpc) is 3.15. The van der Waals surface area contributed by atoms with Gasteiger partial charge in [-0.1, -0.05) is 23.2 Å². The summed E-state index contributed by atoms with van der Waals surface area (Å²) in [5.74, 6) is 1.17. The Hall–Kier alpha value is -2.48. The largest absolute Gasteiger partial charge is 0.494 e. The maximum Gasteiger partial charge on any atom is 0.257 e. The first-order chi connectivity index (χ1) is 13.5. The maximum absolute atomic E-state index is 12.5. The smallest absolute Gasteiger partial charge is 0.257 e. The summed E-state index contributed by atoms with van der Waals surface area (Å²) in [7, 11) is 4.60. The highest BCUT2D eigenvalue weighted by Gasteiger charge is 2.16. The molecule has 146 valence electrons. The predicted octanol–water partition coefficient (Wildman–Crippen LogP) is 5.40. The number of rotatable bonds is 6. The van der Waals surface area contributed by atoms with Crippen molar-refractivity contribution in [2.24, 2.45) is 0 Å². The molecule has 0 fully saturated rings. The molecule has 0 saturated heterocycles. The number of hydrogen-bond donors (Lipinski definition) is 1. The minimum Gasteiger partial charge on any atom is -0.494 e. The van der Waals surface area contributed by atoms with Gasteiger partial charge in [-0.15, -0.1) is 11.3 Å². The van der Waals surface area contributed by atoms with E-state index in [1.807, 2.05) is 17.5 Å². The van der Waals surface area contributed by atoms with Crippen molar-refractivity contribution in [3.8, 4) is 28.5 Å². The van der Waals surface area contributed by atoms with Crippen molar-refractivity contribution in [3.63, 3.8) is 0 Å². The van der Waals surface area contributed by atoms with Gasteiger partial charge in [-0.3, -0.25) is 10.1 Å². The highest BCUT2D eigenvalue weighted by molar-refractivity contribution is 7.14. The molecule has 3 aromatic rings. The van der Waals surface area contributed by atoms with Gasteiger partial charge < -0.3 is 14.2 Å². The van der Waals surface area contributed by atoms with Crippen molar-refractivity contribution in [2.75, 3.05) is 26.6 Å². The van der Waals surface area contributed by atoms with Crippen LogP contribution in [0.2, 0.25) is 10.0 Å². The summed E-state index contributed by atoms with van der Waals surface area (Å²) in [6.45, 7) is 0. The third-order valence-corrected chi connectivity index (χ3v) is 5.19. The van der Waals surface area contributed by atoms with Gasteiger partial charge in [0.25, 0.3) is 5.91 Å². The molecule has 0 aliphatic carbocycles. The molecule has 0 unspecified atom stereocenters. The van der Waals surface area contributed by atoms with Crippen molar-refractivity contribution >= 4 is 45.6 Å². The molecule has 0 atom stereocenters. The van der Waals surface area contributed by atoms with E-state index in [4.69, 9.17) is 37.4 Å². The van der Waals surface area contributed by atoms with E-state index in [0.29, 0.717) is 33.6 Å². The minimum atomic E-state index is -0.375. The van der Waals surface area contributed by atoms with Crippen molar-refractivity contribution < 1.29 is 19.0 Å². The molecule has 0 bridgehead atoms. The summed E-state index contributed by atoms with van der Waals surface area (Å²) in [6, 6.07) is 8.47. The van der Waals surface area contributed by atoms with Gasteiger partial charge in [-0.2, -0.15) is 0 Å². The van der Waals surface area contributed by atoms with E-state index in [9.17, 15) is 4.79 Å². The molecule has 9 heteroatoms. The first-order valence-corrected chi connectivity index (χ1v) is 9.62. The Balaban J connectivity index is 1.81. The first-order valence-electron chi connectivity index (χ1n) is 7.99. The van der Waals surface area contributed by atoms with Gasteiger partial charge in [0.1, 0.15) is 0 Å². The Morgan fingerprint density at radius 3 is 2.29 bits per heavy atom. The molecule has 2 aromatic carbocycles. The van der Waals surface area contributed by atoms with Crippen molar-refractivity contribution in [2.45, 2.75) is 0 Å². The summed E-state index contributed by atoms with van der Waals surface area (Å²) in [6.07, 6.45) is 0. The Labute approximate surface area is 176 Å². The van der Waals surface area contributed by atoms with Crippen LogP contribution in [-0.2, 0) is 0 Å². The van der Waals surface area contributed by atoms with E-state index >= 15 is 0 Å². The second-order valence-electron chi connectivity index (χ2n) is 5.53. The third-order valence-electron chi connectivity index (χ3n) is 3.87. The lowest BCUT2D eigenvalue weighted by Crippen LogP contribution is -2.12. The van der Waals surface area contributed by atoms with E-state index < -0.39 is 0 Å². The molecule has 3 rings (SSSR count). The van der Waals surface area contributed by atoms with Gasteiger partial charge in [0, 0.05) is 16.5 Å². The topological polar surface area (TPSA) is 69.7 Å². The molecule has 1 N–H and O–H groups in total. The van der Waals surface area contributed by atoms with Crippen LogP contribution < -0.4 is 19.5 Å². The minimum absolute atomic E-state index is 0.255. The van der Waals surface area contributed by atoms with Gasteiger partial charge >= 0.3 is 0 Å². The molecule has 0 aliphatic heterocycles. The van der Waals surface area contributed by atoms with Crippen LogP contribution in [0.3, 0.4) is 0 Å². The molecule has 0 spiro atoms. The van der Waals surface area contributed by atoms with Crippen molar-refractivity contribution in [3.05, 3.63) is 51.3 Å². The van der Waals surface area contributed by atoms with Gasteiger partial charge in [0.2, 0.25) is 0 Å². The van der Waals surface area contributed by atoms with E-state index in [-0.39, 0.29) is 16.0 Å². The predicted molar refractivity (Wildman–Crippen MR) is 112 cm³/mol. The molecule has 28 heavy (non-hydrogen) atoms. The molecular formula is C19H16Cl2N2O4S. The molecule has 1 aromatic heterocycles. The number of carbonyl (C=O) groups is 1. The van der Waals surface area contributed by atoms with E-state index in [2.05, 4.69) is 10.3 Å². The Bertz CT molecular complexity index is 1000. The number of anilines is 1. The normalized spacial score (nSPS) is 10.5. The van der Waals surface area contributed by atoms with E-state index in [1.54, 1.807) is 20.3 Å². The van der Waals surface area contributed by atoms with Crippen LogP contribution in [0.4, 0.5) is 5.13 Å². The number of thiazole rings is 1. The number of methoxy groups -OCH3 is 3. The molecule has 1 heterocycles. The first kappa shape index (κ1) is 20.3. The number of ether oxygens (including phenoxy) is 3. The lowest BCUT2D eigenvalue weighted by atomic mass is 10.1. The molecule has 0 aliphatic rings. The van der Waals surface area contributed by atoms with Crippen molar-refractivity contribution in [1.29, 1.82) is 0 Å². The fraction of sp³-hybridized carbons (Fsp3) is 0.158. The zero-order valence-electron chi connectivity index (χ0n) is 15.2. The SMILES string of the molecule is COc1ccc(-c2csc(NC(=O)c3cc(Cl)c(OC)c(Cl)c3)n2)cc1OC. The monoisotopic (exact) mass is 438 g/mol. The van der Waals surface area contributed by atoms with E-state index in [0.717, 1.165) is 5.56 Å². The summed E-state index contributed by atoms with van der Waals surface area (Å²) < 4.78 is 15.6. The highest BCUT2D eigenvalue weighted by atomic mass is 35.5. The maximum atomic E-state index is 12.5.